The highest BCUT2D eigenvalue weighted by Gasteiger charge is 2.26. The Hall–Kier alpha value is -5.05. The zero-order chi connectivity index (χ0) is 30.3. The molecule has 0 bridgehead atoms. The molecule has 222 valence electrons. The van der Waals surface area contributed by atoms with E-state index in [1.165, 1.54) is 31.7 Å². The summed E-state index contributed by atoms with van der Waals surface area (Å²) in [6.07, 6.45) is 3.31. The highest BCUT2D eigenvalue weighted by Crippen LogP contribution is 2.35. The first-order valence-corrected chi connectivity index (χ1v) is 14.2. The number of amides is 1. The van der Waals surface area contributed by atoms with Crippen molar-refractivity contribution in [3.05, 3.63) is 108 Å². The minimum absolute atomic E-state index is 0.00108. The minimum Gasteiger partial charge on any atom is -0.496 e. The van der Waals surface area contributed by atoms with Gasteiger partial charge in [-0.2, -0.15) is 0 Å². The molecule has 4 aromatic carbocycles. The lowest BCUT2D eigenvalue weighted by molar-refractivity contribution is -0.117. The summed E-state index contributed by atoms with van der Waals surface area (Å²) in [5, 5.41) is 11.0. The van der Waals surface area contributed by atoms with Crippen LogP contribution < -0.4 is 24.8 Å². The first-order valence-electron chi connectivity index (χ1n) is 14.2. The molecule has 0 saturated carbocycles. The number of methoxy groups -OCH3 is 1. The molecule has 0 aromatic heterocycles. The number of rotatable bonds is 10. The predicted octanol–water partition coefficient (Wildman–Crippen LogP) is 7.31. The number of piperidine rings is 1. The van der Waals surface area contributed by atoms with Gasteiger partial charge in [-0.25, -0.2) is 14.2 Å². The van der Waals surface area contributed by atoms with Gasteiger partial charge in [0.2, 0.25) is 5.91 Å². The van der Waals surface area contributed by atoms with Crippen LogP contribution in [-0.2, 0) is 11.2 Å². The van der Waals surface area contributed by atoms with Crippen molar-refractivity contribution in [2.24, 2.45) is 0 Å². The van der Waals surface area contributed by atoms with Crippen LogP contribution in [0.25, 0.3) is 0 Å². The Morgan fingerprint density at radius 1 is 0.977 bits per heavy atom. The number of nitrogens with one attached hydrogen (secondary N) is 1. The molecule has 1 unspecified atom stereocenters. The molecule has 8 nitrogen and oxygen atoms in total. The number of halogens is 1. The van der Waals surface area contributed by atoms with E-state index in [4.69, 9.17) is 9.47 Å². The van der Waals surface area contributed by atoms with Crippen LogP contribution in [-0.4, -0.2) is 36.7 Å². The third-order valence-electron chi connectivity index (χ3n) is 7.48. The summed E-state index contributed by atoms with van der Waals surface area (Å²) in [5.74, 6) is -0.428. The van der Waals surface area contributed by atoms with Gasteiger partial charge in [0.25, 0.3) is 0 Å². The van der Waals surface area contributed by atoms with Crippen molar-refractivity contribution >= 4 is 28.9 Å². The fourth-order valence-electron chi connectivity index (χ4n) is 5.25. The molecule has 1 fully saturated rings. The third-order valence-corrected chi connectivity index (χ3v) is 7.48. The Balaban J connectivity index is 1.45. The number of hydrogen-bond donors (Lipinski definition) is 2. The quantitative estimate of drug-likeness (QED) is 0.189. The maximum absolute atomic E-state index is 14.0. The Morgan fingerprint density at radius 3 is 2.35 bits per heavy atom. The Kier molecular flexibility index (Phi) is 9.10. The van der Waals surface area contributed by atoms with Crippen molar-refractivity contribution in [3.63, 3.8) is 0 Å². The van der Waals surface area contributed by atoms with Gasteiger partial charge in [0.05, 0.1) is 30.6 Å². The summed E-state index contributed by atoms with van der Waals surface area (Å²) in [6, 6.07) is 25.7. The highest BCUT2D eigenvalue weighted by atomic mass is 19.1. The standard InChI is InChI=1S/C34H34FN3O5/c1-23-7-5-6-20-37(23)30-8-3-4-9-31(30)38(33(39)22-24-10-19-29(34(40)41)32(21-24)42-2)36-26-13-17-28(18-14-26)43-27-15-11-25(35)12-16-27/h3-4,8-19,21,23,36H,5-7,20,22H2,1-2H3,(H,40,41). The lowest BCUT2D eigenvalue weighted by Gasteiger charge is -2.38. The molecule has 1 atom stereocenters. The molecule has 1 heterocycles. The molecule has 9 heteroatoms. The van der Waals surface area contributed by atoms with Crippen LogP contribution in [0, 0.1) is 5.82 Å². The van der Waals surface area contributed by atoms with Gasteiger partial charge in [0.1, 0.15) is 28.6 Å². The number of hydrogen-bond acceptors (Lipinski definition) is 6. The van der Waals surface area contributed by atoms with Gasteiger partial charge >= 0.3 is 5.97 Å². The molecule has 0 aliphatic carbocycles. The predicted molar refractivity (Wildman–Crippen MR) is 165 cm³/mol. The van der Waals surface area contributed by atoms with Crippen LogP contribution >= 0.6 is 0 Å². The van der Waals surface area contributed by atoms with Gasteiger partial charge < -0.3 is 19.5 Å². The molecule has 1 amide bonds. The second-order valence-electron chi connectivity index (χ2n) is 10.5. The van der Waals surface area contributed by atoms with Gasteiger partial charge in [-0.3, -0.25) is 10.2 Å². The van der Waals surface area contributed by atoms with E-state index < -0.39 is 5.97 Å². The molecule has 0 spiro atoms. The fraction of sp³-hybridized carbons (Fsp3) is 0.235. The summed E-state index contributed by atoms with van der Waals surface area (Å²) >= 11 is 0. The zero-order valence-electron chi connectivity index (χ0n) is 24.1. The first-order chi connectivity index (χ1) is 20.8. The average molecular weight is 584 g/mol. The van der Waals surface area contributed by atoms with Gasteiger partial charge in [0, 0.05) is 12.6 Å². The smallest absolute Gasteiger partial charge is 0.339 e. The summed E-state index contributed by atoms with van der Waals surface area (Å²) < 4.78 is 24.4. The van der Waals surface area contributed by atoms with Crippen LogP contribution in [0.3, 0.4) is 0 Å². The van der Waals surface area contributed by atoms with Gasteiger partial charge in [-0.1, -0.05) is 18.2 Å². The number of carboxylic acid groups (broad SMARTS) is 1. The Morgan fingerprint density at radius 2 is 1.67 bits per heavy atom. The number of carboxylic acids is 1. The van der Waals surface area contributed by atoms with E-state index in [0.29, 0.717) is 34.5 Å². The Bertz CT molecular complexity index is 1580. The number of benzene rings is 4. The lowest BCUT2D eigenvalue weighted by Crippen LogP contribution is -2.42. The second-order valence-corrected chi connectivity index (χ2v) is 10.5. The van der Waals surface area contributed by atoms with Crippen LogP contribution in [0.15, 0.2) is 91.0 Å². The molecule has 1 aliphatic rings. The molecular formula is C34H34FN3O5. The lowest BCUT2D eigenvalue weighted by atomic mass is 10.0. The third kappa shape index (κ3) is 7.06. The van der Waals surface area contributed by atoms with Crippen LogP contribution in [0.4, 0.5) is 21.5 Å². The van der Waals surface area contributed by atoms with Crippen molar-refractivity contribution in [1.29, 1.82) is 0 Å². The summed E-state index contributed by atoms with van der Waals surface area (Å²) in [7, 11) is 1.40. The van der Waals surface area contributed by atoms with E-state index in [1.54, 1.807) is 53.5 Å². The molecular weight excluding hydrogens is 549 g/mol. The molecule has 5 rings (SSSR count). The van der Waals surface area contributed by atoms with Crippen LogP contribution in [0.2, 0.25) is 0 Å². The number of nitrogens with zero attached hydrogens (tertiary/aromatic N) is 2. The zero-order valence-corrected chi connectivity index (χ0v) is 24.1. The Labute approximate surface area is 250 Å². The topological polar surface area (TPSA) is 91.3 Å². The monoisotopic (exact) mass is 583 g/mol. The van der Waals surface area contributed by atoms with E-state index in [2.05, 4.69) is 17.2 Å². The summed E-state index contributed by atoms with van der Waals surface area (Å²) in [6.45, 7) is 3.09. The SMILES string of the molecule is COc1cc(CC(=O)N(Nc2ccc(Oc3ccc(F)cc3)cc2)c2ccccc2N2CCCCC2C)ccc1C(=O)O. The normalized spacial score (nSPS) is 14.6. The number of carbonyl (C=O) groups excluding carboxylic acids is 1. The van der Waals surface area contributed by atoms with Crippen molar-refractivity contribution in [1.82, 2.24) is 0 Å². The van der Waals surface area contributed by atoms with E-state index in [9.17, 15) is 19.1 Å². The average Bonchev–Trinajstić information content (AvgIpc) is 3.02. The summed E-state index contributed by atoms with van der Waals surface area (Å²) in [4.78, 5) is 27.9. The highest BCUT2D eigenvalue weighted by molar-refractivity contribution is 6.00. The molecule has 2 N–H and O–H groups in total. The maximum atomic E-state index is 14.0. The molecule has 1 saturated heterocycles. The maximum Gasteiger partial charge on any atom is 0.339 e. The van der Waals surface area contributed by atoms with Crippen LogP contribution in [0.1, 0.15) is 42.1 Å². The van der Waals surface area contributed by atoms with Gasteiger partial charge in [0.15, 0.2) is 0 Å². The minimum atomic E-state index is -1.10. The van der Waals surface area contributed by atoms with E-state index in [1.807, 2.05) is 24.3 Å². The largest absolute Gasteiger partial charge is 0.496 e. The number of anilines is 3. The van der Waals surface area contributed by atoms with Crippen molar-refractivity contribution in [2.45, 2.75) is 38.6 Å². The van der Waals surface area contributed by atoms with Gasteiger partial charge in [-0.15, -0.1) is 0 Å². The van der Waals surface area contributed by atoms with Crippen molar-refractivity contribution < 1.29 is 28.6 Å². The molecule has 43 heavy (non-hydrogen) atoms. The van der Waals surface area contributed by atoms with E-state index >= 15 is 0 Å². The van der Waals surface area contributed by atoms with Crippen molar-refractivity contribution in [2.75, 3.05) is 29.0 Å². The number of carbonyl (C=O) groups is 2. The van der Waals surface area contributed by atoms with Crippen LogP contribution in [0.5, 0.6) is 17.2 Å². The fourth-order valence-corrected chi connectivity index (χ4v) is 5.25. The summed E-state index contributed by atoms with van der Waals surface area (Å²) in [5.41, 5.74) is 6.25. The second kappa shape index (κ2) is 13.3. The molecule has 1 aliphatic heterocycles. The number of para-hydroxylation sites is 2. The first kappa shape index (κ1) is 29.4. The molecule has 0 radical (unpaired) electrons. The van der Waals surface area contributed by atoms with Gasteiger partial charge in [-0.05, 0) is 105 Å². The van der Waals surface area contributed by atoms with E-state index in [-0.39, 0.29) is 29.5 Å². The number of hydrazine groups is 1. The number of aromatic carboxylic acids is 1. The number of ether oxygens (including phenoxy) is 2. The molecule has 4 aromatic rings. The van der Waals surface area contributed by atoms with E-state index in [0.717, 1.165) is 25.1 Å². The van der Waals surface area contributed by atoms with Crippen molar-refractivity contribution in [3.8, 4) is 17.2 Å².